The van der Waals surface area contributed by atoms with Gasteiger partial charge in [0.1, 0.15) is 0 Å². The van der Waals surface area contributed by atoms with Crippen LogP contribution in [0.1, 0.15) is 16.8 Å². The number of aromatic nitrogens is 4. The second kappa shape index (κ2) is 9.56. The SMILES string of the molecule is O=C1Nc2ccccc2C(c2ccccc2)=NC1Nc1nnc(-c2ccc(-n3ccc(C(F)(F)F)n3)cc2)o1. The number of alkyl halides is 3. The largest absolute Gasteiger partial charge is 0.435 e. The van der Waals surface area contributed by atoms with Gasteiger partial charge in [-0.2, -0.15) is 18.3 Å². The summed E-state index contributed by atoms with van der Waals surface area (Å²) in [7, 11) is 0. The lowest BCUT2D eigenvalue weighted by molar-refractivity contribution is -0.141. The molecule has 1 atom stereocenters. The molecular weight excluding hydrogens is 511 g/mol. The number of amides is 1. The van der Waals surface area contributed by atoms with Crippen LogP contribution in [0.5, 0.6) is 0 Å². The number of fused-ring (bicyclic) bond motifs is 1. The third-order valence-corrected chi connectivity index (χ3v) is 5.94. The molecule has 3 aromatic carbocycles. The Kier molecular flexibility index (Phi) is 5.91. The molecular formula is C27H18F3N7O2. The van der Waals surface area contributed by atoms with E-state index >= 15 is 0 Å². The number of rotatable bonds is 5. The van der Waals surface area contributed by atoms with Gasteiger partial charge in [-0.05, 0) is 36.4 Å². The Labute approximate surface area is 219 Å². The summed E-state index contributed by atoms with van der Waals surface area (Å²) in [6.45, 7) is 0. The molecule has 9 nitrogen and oxygen atoms in total. The van der Waals surface area contributed by atoms with Crippen LogP contribution in [0.3, 0.4) is 0 Å². The lowest BCUT2D eigenvalue weighted by atomic mass is 10.0. The minimum Gasteiger partial charge on any atom is -0.403 e. The van der Waals surface area contributed by atoms with Crippen molar-refractivity contribution in [2.45, 2.75) is 12.3 Å². The first kappa shape index (κ1) is 24.1. The summed E-state index contributed by atoms with van der Waals surface area (Å²) in [5, 5.41) is 17.3. The number of carbonyl (C=O) groups excluding carboxylic acids is 1. The average Bonchev–Trinajstić information content (AvgIpc) is 3.60. The zero-order valence-corrected chi connectivity index (χ0v) is 19.9. The maximum atomic E-state index is 13.0. The van der Waals surface area contributed by atoms with Crippen LogP contribution in [0.15, 0.2) is 101 Å². The van der Waals surface area contributed by atoms with Crippen molar-refractivity contribution >= 4 is 23.3 Å². The molecule has 3 heterocycles. The van der Waals surface area contributed by atoms with E-state index in [1.165, 1.54) is 6.20 Å². The van der Waals surface area contributed by atoms with Crippen molar-refractivity contribution in [3.05, 3.63) is 108 Å². The van der Waals surface area contributed by atoms with Gasteiger partial charge in [-0.15, -0.1) is 5.10 Å². The lowest BCUT2D eigenvalue weighted by Crippen LogP contribution is -2.32. The Morgan fingerprint density at radius 3 is 2.36 bits per heavy atom. The van der Waals surface area contributed by atoms with Crippen LogP contribution in [0.4, 0.5) is 24.9 Å². The van der Waals surface area contributed by atoms with Gasteiger partial charge in [0.25, 0.3) is 5.91 Å². The van der Waals surface area contributed by atoms with Gasteiger partial charge in [-0.25, -0.2) is 9.67 Å². The molecule has 6 rings (SSSR count). The van der Waals surface area contributed by atoms with E-state index in [1.807, 2.05) is 48.5 Å². The molecule has 0 bridgehead atoms. The van der Waals surface area contributed by atoms with E-state index in [0.717, 1.165) is 21.9 Å². The molecule has 0 saturated carbocycles. The van der Waals surface area contributed by atoms with Gasteiger partial charge in [0, 0.05) is 22.9 Å². The van der Waals surface area contributed by atoms with E-state index in [0.29, 0.717) is 22.6 Å². The fourth-order valence-corrected chi connectivity index (χ4v) is 4.07. The van der Waals surface area contributed by atoms with E-state index < -0.39 is 23.9 Å². The second-order valence-corrected chi connectivity index (χ2v) is 8.53. The first-order valence-corrected chi connectivity index (χ1v) is 11.7. The highest BCUT2D eigenvalue weighted by Gasteiger charge is 2.33. The Morgan fingerprint density at radius 2 is 1.62 bits per heavy atom. The molecule has 194 valence electrons. The van der Waals surface area contributed by atoms with Crippen LogP contribution in [-0.2, 0) is 11.0 Å². The number of nitrogens with zero attached hydrogens (tertiary/aromatic N) is 5. The summed E-state index contributed by atoms with van der Waals surface area (Å²) < 4.78 is 45.4. The predicted octanol–water partition coefficient (Wildman–Crippen LogP) is 5.17. The van der Waals surface area contributed by atoms with Crippen molar-refractivity contribution in [3.63, 3.8) is 0 Å². The van der Waals surface area contributed by atoms with Crippen LogP contribution >= 0.6 is 0 Å². The molecule has 0 spiro atoms. The Hall–Kier alpha value is -5.26. The number of hydrogen-bond acceptors (Lipinski definition) is 7. The third-order valence-electron chi connectivity index (χ3n) is 5.94. The molecule has 0 radical (unpaired) electrons. The van der Waals surface area contributed by atoms with Gasteiger partial charge in [-0.1, -0.05) is 53.6 Å². The zero-order chi connectivity index (χ0) is 27.0. The van der Waals surface area contributed by atoms with E-state index in [9.17, 15) is 18.0 Å². The molecule has 2 N–H and O–H groups in total. The third kappa shape index (κ3) is 4.87. The number of benzene rings is 3. The molecule has 39 heavy (non-hydrogen) atoms. The quantitative estimate of drug-likeness (QED) is 0.325. The van der Waals surface area contributed by atoms with Crippen LogP contribution in [-0.4, -0.2) is 37.8 Å². The maximum Gasteiger partial charge on any atom is 0.435 e. The van der Waals surface area contributed by atoms with Crippen LogP contribution in [0, 0.1) is 0 Å². The first-order chi connectivity index (χ1) is 18.8. The number of carbonyl (C=O) groups is 1. The summed E-state index contributed by atoms with van der Waals surface area (Å²) in [6, 6.07) is 24.1. The highest BCUT2D eigenvalue weighted by atomic mass is 19.4. The Balaban J connectivity index is 1.24. The summed E-state index contributed by atoms with van der Waals surface area (Å²) in [6.07, 6.45) is -4.36. The molecule has 0 fully saturated rings. The van der Waals surface area contributed by atoms with Crippen LogP contribution in [0.25, 0.3) is 17.1 Å². The fraction of sp³-hybridized carbons (Fsp3) is 0.0741. The number of anilines is 2. The van der Waals surface area contributed by atoms with Crippen LogP contribution < -0.4 is 10.6 Å². The minimum atomic E-state index is -4.53. The van der Waals surface area contributed by atoms with E-state index in [4.69, 9.17) is 4.42 Å². The summed E-state index contributed by atoms with van der Waals surface area (Å²) in [5.41, 5.74) is 2.80. The number of para-hydroxylation sites is 1. The molecule has 5 aromatic rings. The highest BCUT2D eigenvalue weighted by molar-refractivity contribution is 6.19. The van der Waals surface area contributed by atoms with Crippen LogP contribution in [0.2, 0.25) is 0 Å². The molecule has 1 aliphatic rings. The van der Waals surface area contributed by atoms with E-state index in [1.54, 1.807) is 30.3 Å². The van der Waals surface area contributed by atoms with Crippen molar-refractivity contribution in [1.82, 2.24) is 20.0 Å². The van der Waals surface area contributed by atoms with Crippen molar-refractivity contribution < 1.29 is 22.4 Å². The second-order valence-electron chi connectivity index (χ2n) is 8.53. The number of nitrogens with one attached hydrogen (secondary N) is 2. The van der Waals surface area contributed by atoms with Crippen molar-refractivity contribution in [2.75, 3.05) is 10.6 Å². The predicted molar refractivity (Wildman–Crippen MR) is 136 cm³/mol. The molecule has 0 aliphatic carbocycles. The lowest BCUT2D eigenvalue weighted by Gasteiger charge is -2.11. The maximum absolute atomic E-state index is 13.0. The van der Waals surface area contributed by atoms with Gasteiger partial charge >= 0.3 is 12.2 Å². The molecule has 12 heteroatoms. The zero-order valence-electron chi connectivity index (χ0n) is 19.9. The van der Waals surface area contributed by atoms with Crippen molar-refractivity contribution in [2.24, 2.45) is 4.99 Å². The highest BCUT2D eigenvalue weighted by Crippen LogP contribution is 2.29. The number of hydrogen-bond donors (Lipinski definition) is 2. The Bertz CT molecular complexity index is 1680. The summed E-state index contributed by atoms with van der Waals surface area (Å²) >= 11 is 0. The number of benzodiazepines with no additional fused rings is 1. The topological polar surface area (TPSA) is 110 Å². The molecule has 0 saturated heterocycles. The average molecular weight is 529 g/mol. The smallest absolute Gasteiger partial charge is 0.403 e. The first-order valence-electron chi connectivity index (χ1n) is 11.7. The normalized spacial score (nSPS) is 15.2. The van der Waals surface area contributed by atoms with Gasteiger partial charge in [0.15, 0.2) is 5.69 Å². The van der Waals surface area contributed by atoms with Crippen molar-refractivity contribution in [1.29, 1.82) is 0 Å². The summed E-state index contributed by atoms with van der Waals surface area (Å²) in [5.74, 6) is -0.264. The monoisotopic (exact) mass is 529 g/mol. The van der Waals surface area contributed by atoms with E-state index in [2.05, 4.69) is 30.9 Å². The fourth-order valence-electron chi connectivity index (χ4n) is 4.07. The number of aliphatic imine (C=N–C) groups is 1. The molecule has 1 aliphatic heterocycles. The van der Waals surface area contributed by atoms with Gasteiger partial charge in [0.2, 0.25) is 12.1 Å². The minimum absolute atomic E-state index is 0.0294. The molecule has 1 unspecified atom stereocenters. The van der Waals surface area contributed by atoms with Gasteiger partial charge < -0.3 is 15.1 Å². The molecule has 2 aromatic heterocycles. The standard InChI is InChI=1S/C27H18F3N7O2/c28-27(29,30)21-14-15-37(36-21)18-12-10-17(11-13-18)25-34-35-26(39-25)33-23-24(38)31-20-9-5-4-8-19(20)22(32-23)16-6-2-1-3-7-16/h1-15,23H,(H,31,38)(H,33,35). The number of halogens is 3. The van der Waals surface area contributed by atoms with E-state index in [-0.39, 0.29) is 11.9 Å². The summed E-state index contributed by atoms with van der Waals surface area (Å²) in [4.78, 5) is 17.7. The van der Waals surface area contributed by atoms with Gasteiger partial charge in [0.05, 0.1) is 17.1 Å². The van der Waals surface area contributed by atoms with Gasteiger partial charge in [-0.3, -0.25) is 4.79 Å². The van der Waals surface area contributed by atoms with Crippen molar-refractivity contribution in [3.8, 4) is 17.1 Å². The Morgan fingerprint density at radius 1 is 0.872 bits per heavy atom. The molecule has 1 amide bonds.